The summed E-state index contributed by atoms with van der Waals surface area (Å²) in [6.07, 6.45) is 2.56. The minimum absolute atomic E-state index is 0.112. The van der Waals surface area contributed by atoms with E-state index in [0.717, 1.165) is 32.7 Å². The molecule has 156 valence electrons. The first-order chi connectivity index (χ1) is 14.0. The average molecular weight is 418 g/mol. The SMILES string of the molecule is CC[C@](C)(CNC(=O)Nc1ccc(C(=O)Nc2nccs2)cc1)N1CCOCC1. The number of hydrogen-bond donors (Lipinski definition) is 3. The molecule has 2 heterocycles. The largest absolute Gasteiger partial charge is 0.379 e. The van der Waals surface area contributed by atoms with Gasteiger partial charge in [-0.2, -0.15) is 0 Å². The van der Waals surface area contributed by atoms with Gasteiger partial charge in [0.25, 0.3) is 5.91 Å². The van der Waals surface area contributed by atoms with Crippen molar-refractivity contribution in [3.63, 3.8) is 0 Å². The lowest BCUT2D eigenvalue weighted by molar-refractivity contribution is -0.0163. The molecule has 1 saturated heterocycles. The molecule has 0 saturated carbocycles. The van der Waals surface area contributed by atoms with Crippen LogP contribution in [0.1, 0.15) is 30.6 Å². The fraction of sp³-hybridized carbons (Fsp3) is 0.450. The molecular weight excluding hydrogens is 390 g/mol. The number of carbonyl (C=O) groups is 2. The van der Waals surface area contributed by atoms with Gasteiger partial charge in [0.15, 0.2) is 5.13 Å². The van der Waals surface area contributed by atoms with Gasteiger partial charge in [0.2, 0.25) is 0 Å². The van der Waals surface area contributed by atoms with E-state index in [-0.39, 0.29) is 17.5 Å². The molecule has 3 N–H and O–H groups in total. The Morgan fingerprint density at radius 1 is 1.21 bits per heavy atom. The average Bonchev–Trinajstić information content (AvgIpc) is 3.26. The number of anilines is 2. The van der Waals surface area contributed by atoms with Crippen molar-refractivity contribution < 1.29 is 14.3 Å². The molecule has 1 aromatic heterocycles. The molecule has 1 aromatic carbocycles. The van der Waals surface area contributed by atoms with Crippen LogP contribution in [-0.2, 0) is 4.74 Å². The first-order valence-electron chi connectivity index (χ1n) is 9.69. The molecule has 3 rings (SSSR count). The summed E-state index contributed by atoms with van der Waals surface area (Å²) in [4.78, 5) is 30.9. The molecule has 0 aliphatic carbocycles. The van der Waals surface area contributed by atoms with Crippen molar-refractivity contribution in [2.75, 3.05) is 43.5 Å². The Bertz CT molecular complexity index is 806. The van der Waals surface area contributed by atoms with Crippen LogP contribution in [0.3, 0.4) is 0 Å². The van der Waals surface area contributed by atoms with Gasteiger partial charge in [0.05, 0.1) is 13.2 Å². The second kappa shape index (κ2) is 9.82. The van der Waals surface area contributed by atoms with E-state index in [1.807, 2.05) is 0 Å². The molecule has 0 radical (unpaired) electrons. The first kappa shape index (κ1) is 21.2. The minimum Gasteiger partial charge on any atom is -0.379 e. The molecule has 0 bridgehead atoms. The minimum atomic E-state index is -0.266. The third-order valence-electron chi connectivity index (χ3n) is 5.22. The van der Waals surface area contributed by atoms with E-state index in [1.54, 1.807) is 35.8 Å². The number of nitrogens with zero attached hydrogens (tertiary/aromatic N) is 2. The van der Waals surface area contributed by atoms with Crippen LogP contribution in [0.2, 0.25) is 0 Å². The maximum atomic E-state index is 12.3. The van der Waals surface area contributed by atoms with Crippen LogP contribution < -0.4 is 16.0 Å². The number of rotatable bonds is 7. The number of benzene rings is 1. The van der Waals surface area contributed by atoms with Crippen LogP contribution in [0.4, 0.5) is 15.6 Å². The van der Waals surface area contributed by atoms with Gasteiger partial charge < -0.3 is 15.4 Å². The number of amides is 3. The fourth-order valence-electron chi connectivity index (χ4n) is 3.17. The van der Waals surface area contributed by atoms with Gasteiger partial charge in [0.1, 0.15) is 0 Å². The lowest BCUT2D eigenvalue weighted by Gasteiger charge is -2.43. The number of aromatic nitrogens is 1. The van der Waals surface area contributed by atoms with Crippen molar-refractivity contribution in [3.8, 4) is 0 Å². The molecule has 3 amide bonds. The van der Waals surface area contributed by atoms with Crippen LogP contribution >= 0.6 is 11.3 Å². The molecule has 1 fully saturated rings. The van der Waals surface area contributed by atoms with Crippen molar-refractivity contribution in [3.05, 3.63) is 41.4 Å². The third-order valence-corrected chi connectivity index (χ3v) is 5.91. The highest BCUT2D eigenvalue weighted by atomic mass is 32.1. The summed E-state index contributed by atoms with van der Waals surface area (Å²) in [5, 5.41) is 10.9. The van der Waals surface area contributed by atoms with Crippen molar-refractivity contribution >= 4 is 34.1 Å². The highest BCUT2D eigenvalue weighted by Crippen LogP contribution is 2.20. The van der Waals surface area contributed by atoms with Crippen molar-refractivity contribution in [1.29, 1.82) is 0 Å². The first-order valence-corrected chi connectivity index (χ1v) is 10.6. The predicted molar refractivity (Wildman–Crippen MR) is 115 cm³/mol. The molecule has 0 spiro atoms. The summed E-state index contributed by atoms with van der Waals surface area (Å²) in [6.45, 7) is 8.04. The van der Waals surface area contributed by atoms with Crippen molar-refractivity contribution in [1.82, 2.24) is 15.2 Å². The third kappa shape index (κ3) is 5.75. The second-order valence-corrected chi connectivity index (χ2v) is 8.02. The van der Waals surface area contributed by atoms with E-state index in [1.165, 1.54) is 11.3 Å². The molecule has 8 nitrogen and oxygen atoms in total. The summed E-state index contributed by atoms with van der Waals surface area (Å²) >= 11 is 1.36. The zero-order valence-electron chi connectivity index (χ0n) is 16.7. The van der Waals surface area contributed by atoms with Crippen molar-refractivity contribution in [2.45, 2.75) is 25.8 Å². The normalized spacial score (nSPS) is 16.6. The maximum absolute atomic E-state index is 12.3. The Kier molecular flexibility index (Phi) is 7.18. The van der Waals surface area contributed by atoms with E-state index >= 15 is 0 Å². The smallest absolute Gasteiger partial charge is 0.319 e. The molecule has 9 heteroatoms. The summed E-state index contributed by atoms with van der Waals surface area (Å²) in [7, 11) is 0. The summed E-state index contributed by atoms with van der Waals surface area (Å²) in [5.41, 5.74) is 1.01. The highest BCUT2D eigenvalue weighted by molar-refractivity contribution is 7.13. The molecule has 29 heavy (non-hydrogen) atoms. The quantitative estimate of drug-likeness (QED) is 0.644. The second-order valence-electron chi connectivity index (χ2n) is 7.13. The van der Waals surface area contributed by atoms with E-state index in [2.05, 4.69) is 39.7 Å². The Morgan fingerprint density at radius 3 is 2.55 bits per heavy atom. The van der Waals surface area contributed by atoms with Crippen LogP contribution in [0.5, 0.6) is 0 Å². The van der Waals surface area contributed by atoms with Gasteiger partial charge in [-0.3, -0.25) is 15.0 Å². The van der Waals surface area contributed by atoms with Gasteiger partial charge in [-0.05, 0) is 37.6 Å². The molecule has 1 aliphatic heterocycles. The Labute approximate surface area is 174 Å². The Morgan fingerprint density at radius 2 is 1.93 bits per heavy atom. The Hall–Kier alpha value is -2.49. The van der Waals surface area contributed by atoms with E-state index in [4.69, 9.17) is 4.74 Å². The van der Waals surface area contributed by atoms with Crippen LogP contribution in [0.15, 0.2) is 35.8 Å². The van der Waals surface area contributed by atoms with Crippen LogP contribution in [0.25, 0.3) is 0 Å². The number of nitrogens with one attached hydrogen (secondary N) is 3. The number of ether oxygens (including phenoxy) is 1. The number of morpholine rings is 1. The van der Waals surface area contributed by atoms with Gasteiger partial charge in [-0.15, -0.1) is 11.3 Å². The lowest BCUT2D eigenvalue weighted by atomic mass is 9.95. The van der Waals surface area contributed by atoms with Crippen molar-refractivity contribution in [2.24, 2.45) is 0 Å². The summed E-state index contributed by atoms with van der Waals surface area (Å²) < 4.78 is 5.43. The Balaban J connectivity index is 1.50. The zero-order valence-corrected chi connectivity index (χ0v) is 17.6. The maximum Gasteiger partial charge on any atom is 0.319 e. The fourth-order valence-corrected chi connectivity index (χ4v) is 3.69. The number of hydrogen-bond acceptors (Lipinski definition) is 6. The number of carbonyl (C=O) groups excluding carboxylic acids is 2. The van der Waals surface area contributed by atoms with Gasteiger partial charge in [0, 0.05) is 48.0 Å². The zero-order chi connectivity index (χ0) is 20.7. The predicted octanol–water partition coefficient (Wildman–Crippen LogP) is 3.02. The summed E-state index contributed by atoms with van der Waals surface area (Å²) in [5.74, 6) is -0.236. The van der Waals surface area contributed by atoms with E-state index < -0.39 is 0 Å². The highest BCUT2D eigenvalue weighted by Gasteiger charge is 2.31. The van der Waals surface area contributed by atoms with E-state index in [9.17, 15) is 9.59 Å². The van der Waals surface area contributed by atoms with Gasteiger partial charge in [-0.1, -0.05) is 6.92 Å². The molecule has 1 aliphatic rings. The molecule has 1 atom stereocenters. The number of urea groups is 1. The summed E-state index contributed by atoms with van der Waals surface area (Å²) in [6, 6.07) is 6.48. The lowest BCUT2D eigenvalue weighted by Crippen LogP contribution is -2.57. The topological polar surface area (TPSA) is 95.6 Å². The van der Waals surface area contributed by atoms with Crippen LogP contribution in [0, 0.1) is 0 Å². The molecule has 2 aromatic rings. The van der Waals surface area contributed by atoms with Crippen LogP contribution in [-0.4, -0.2) is 60.2 Å². The van der Waals surface area contributed by atoms with Gasteiger partial charge in [-0.25, -0.2) is 9.78 Å². The van der Waals surface area contributed by atoms with Gasteiger partial charge >= 0.3 is 6.03 Å². The standard InChI is InChI=1S/C20H27N5O3S/c1-3-20(2,25-9-11-28-12-10-25)14-22-18(27)23-16-6-4-15(5-7-16)17(26)24-19-21-8-13-29-19/h4-8,13H,3,9-12,14H2,1-2H3,(H,21,24,26)(H2,22,23,27)/t20-/m1/s1. The number of thiazole rings is 1. The molecular formula is C20H27N5O3S. The van der Waals surface area contributed by atoms with E-state index in [0.29, 0.717) is 22.9 Å². The molecule has 0 unspecified atom stereocenters. The monoisotopic (exact) mass is 417 g/mol.